The summed E-state index contributed by atoms with van der Waals surface area (Å²) in [6.07, 6.45) is 3.61. The lowest BCUT2D eigenvalue weighted by Crippen LogP contribution is -2.31. The Morgan fingerprint density at radius 3 is 2.39 bits per heavy atom. The van der Waals surface area contributed by atoms with E-state index in [4.69, 9.17) is 4.74 Å². The van der Waals surface area contributed by atoms with Crippen molar-refractivity contribution in [3.63, 3.8) is 0 Å². The summed E-state index contributed by atoms with van der Waals surface area (Å²) in [5.41, 5.74) is 4.61. The van der Waals surface area contributed by atoms with Crippen LogP contribution in [-0.2, 0) is 11.3 Å². The molecule has 1 N–H and O–H groups in total. The molecule has 2 rings (SSSR count). The van der Waals surface area contributed by atoms with Gasteiger partial charge in [-0.05, 0) is 43.0 Å². The van der Waals surface area contributed by atoms with Gasteiger partial charge in [0.25, 0.3) is 0 Å². The molecule has 0 unspecified atom stereocenters. The van der Waals surface area contributed by atoms with Gasteiger partial charge in [0.15, 0.2) is 0 Å². The molecular weight excluding hydrogens is 286 g/mol. The minimum Gasteiger partial charge on any atom is -0.445 e. The van der Waals surface area contributed by atoms with Gasteiger partial charge in [-0.15, -0.1) is 0 Å². The molecule has 0 spiro atoms. The van der Waals surface area contributed by atoms with Gasteiger partial charge in [-0.1, -0.05) is 60.7 Å². The van der Waals surface area contributed by atoms with Crippen molar-refractivity contribution in [3.8, 4) is 0 Å². The van der Waals surface area contributed by atoms with Crippen molar-refractivity contribution in [2.45, 2.75) is 33.4 Å². The van der Waals surface area contributed by atoms with Gasteiger partial charge in [-0.2, -0.15) is 0 Å². The minimum atomic E-state index is -0.410. The van der Waals surface area contributed by atoms with E-state index in [2.05, 4.69) is 31.3 Å². The zero-order chi connectivity index (χ0) is 16.7. The highest BCUT2D eigenvalue weighted by molar-refractivity contribution is 5.68. The normalized spacial score (nSPS) is 12.1. The van der Waals surface area contributed by atoms with Crippen molar-refractivity contribution in [1.82, 2.24) is 5.32 Å². The zero-order valence-corrected chi connectivity index (χ0v) is 13.9. The molecule has 0 heterocycles. The summed E-state index contributed by atoms with van der Waals surface area (Å²) in [6, 6.07) is 15.7. The molecule has 0 aliphatic carbocycles. The number of carbonyl (C=O) groups excluding carboxylic acids is 1. The first-order chi connectivity index (χ1) is 11.1. The van der Waals surface area contributed by atoms with Crippen LogP contribution in [0.3, 0.4) is 0 Å². The van der Waals surface area contributed by atoms with Crippen molar-refractivity contribution in [2.24, 2.45) is 0 Å². The third kappa shape index (κ3) is 5.29. The monoisotopic (exact) mass is 309 g/mol. The number of ether oxygens (including phenoxy) is 1. The minimum absolute atomic E-state index is 0.0997. The fourth-order valence-electron chi connectivity index (χ4n) is 2.33. The zero-order valence-electron chi connectivity index (χ0n) is 13.9. The van der Waals surface area contributed by atoms with Gasteiger partial charge >= 0.3 is 6.09 Å². The van der Waals surface area contributed by atoms with E-state index in [1.54, 1.807) is 0 Å². The second-order valence-electron chi connectivity index (χ2n) is 5.66. The van der Waals surface area contributed by atoms with E-state index in [1.807, 2.05) is 55.5 Å². The van der Waals surface area contributed by atoms with Crippen LogP contribution in [0.25, 0.3) is 6.08 Å². The Balaban J connectivity index is 1.85. The molecule has 2 aromatic carbocycles. The third-order valence-electron chi connectivity index (χ3n) is 3.65. The molecule has 120 valence electrons. The van der Waals surface area contributed by atoms with Gasteiger partial charge in [0.05, 0.1) is 0 Å². The Morgan fingerprint density at radius 1 is 1.09 bits per heavy atom. The van der Waals surface area contributed by atoms with Crippen LogP contribution in [0.1, 0.15) is 29.2 Å². The van der Waals surface area contributed by atoms with E-state index >= 15 is 0 Å². The van der Waals surface area contributed by atoms with Gasteiger partial charge in [0, 0.05) is 6.04 Å². The molecule has 0 radical (unpaired) electrons. The summed E-state index contributed by atoms with van der Waals surface area (Å²) in [4.78, 5) is 11.8. The van der Waals surface area contributed by atoms with E-state index in [0.717, 1.165) is 5.56 Å². The van der Waals surface area contributed by atoms with Crippen molar-refractivity contribution in [2.75, 3.05) is 0 Å². The quantitative estimate of drug-likeness (QED) is 0.874. The van der Waals surface area contributed by atoms with Gasteiger partial charge < -0.3 is 10.1 Å². The smallest absolute Gasteiger partial charge is 0.407 e. The second-order valence-corrected chi connectivity index (χ2v) is 5.66. The molecule has 0 saturated carbocycles. The van der Waals surface area contributed by atoms with E-state index < -0.39 is 6.09 Å². The maximum absolute atomic E-state index is 11.8. The number of rotatable bonds is 5. The van der Waals surface area contributed by atoms with Crippen LogP contribution in [0.4, 0.5) is 4.79 Å². The number of hydrogen-bond donors (Lipinski definition) is 1. The number of carbonyl (C=O) groups is 1. The number of nitrogens with one attached hydrogen (secondary N) is 1. The highest BCUT2D eigenvalue weighted by atomic mass is 16.5. The number of amides is 1. The Kier molecular flexibility index (Phi) is 5.98. The molecule has 1 atom stereocenters. The molecular formula is C20H23NO2. The average molecular weight is 309 g/mol. The molecule has 0 aromatic heterocycles. The highest BCUT2D eigenvalue weighted by Gasteiger charge is 2.06. The molecule has 0 aliphatic heterocycles. The lowest BCUT2D eigenvalue weighted by atomic mass is 10.0. The Hall–Kier alpha value is -2.55. The predicted molar refractivity (Wildman–Crippen MR) is 94.2 cm³/mol. The van der Waals surface area contributed by atoms with Crippen LogP contribution in [0.15, 0.2) is 54.6 Å². The molecule has 0 aliphatic rings. The lowest BCUT2D eigenvalue weighted by molar-refractivity contribution is 0.138. The standard InChI is InChI=1S/C20H23NO2/c1-15-8-7-9-16(2)19(15)13-12-17(3)21-20(22)23-14-18-10-5-4-6-11-18/h4-13,17H,14H2,1-3H3,(H,21,22)/b13-12+/t17-/m0/s1. The Labute approximate surface area is 138 Å². The first kappa shape index (κ1) is 16.8. The van der Waals surface area contributed by atoms with Crippen molar-refractivity contribution in [3.05, 3.63) is 76.9 Å². The number of hydrogen-bond acceptors (Lipinski definition) is 2. The van der Waals surface area contributed by atoms with Crippen molar-refractivity contribution >= 4 is 12.2 Å². The average Bonchev–Trinajstić information content (AvgIpc) is 2.53. The van der Waals surface area contributed by atoms with E-state index in [9.17, 15) is 4.79 Å². The topological polar surface area (TPSA) is 38.3 Å². The van der Waals surface area contributed by atoms with Crippen LogP contribution in [-0.4, -0.2) is 12.1 Å². The summed E-state index contributed by atoms with van der Waals surface area (Å²) < 4.78 is 5.21. The molecule has 0 bridgehead atoms. The summed E-state index contributed by atoms with van der Waals surface area (Å²) in [6.45, 7) is 6.37. The molecule has 3 nitrogen and oxygen atoms in total. The van der Waals surface area contributed by atoms with Crippen LogP contribution >= 0.6 is 0 Å². The largest absolute Gasteiger partial charge is 0.445 e. The van der Waals surface area contributed by atoms with Gasteiger partial charge in [0.1, 0.15) is 6.61 Å². The Bertz CT molecular complexity index is 657. The summed E-state index contributed by atoms with van der Waals surface area (Å²) >= 11 is 0. The van der Waals surface area contributed by atoms with Crippen LogP contribution in [0.5, 0.6) is 0 Å². The number of alkyl carbamates (subject to hydrolysis) is 1. The fourth-order valence-corrected chi connectivity index (χ4v) is 2.33. The lowest BCUT2D eigenvalue weighted by Gasteiger charge is -2.11. The maximum atomic E-state index is 11.8. The SMILES string of the molecule is Cc1cccc(C)c1/C=C/[C@H](C)NC(=O)OCc1ccccc1. The predicted octanol–water partition coefficient (Wildman–Crippen LogP) is 4.63. The molecule has 0 fully saturated rings. The molecule has 2 aromatic rings. The Morgan fingerprint density at radius 2 is 1.74 bits per heavy atom. The maximum Gasteiger partial charge on any atom is 0.407 e. The van der Waals surface area contributed by atoms with Gasteiger partial charge in [0.2, 0.25) is 0 Å². The van der Waals surface area contributed by atoms with Crippen molar-refractivity contribution in [1.29, 1.82) is 0 Å². The van der Waals surface area contributed by atoms with Gasteiger partial charge in [-0.3, -0.25) is 0 Å². The first-order valence-corrected chi connectivity index (χ1v) is 7.78. The molecule has 1 amide bonds. The second kappa shape index (κ2) is 8.18. The number of aryl methyl sites for hydroxylation is 2. The van der Waals surface area contributed by atoms with Crippen molar-refractivity contribution < 1.29 is 9.53 Å². The van der Waals surface area contributed by atoms with E-state index in [1.165, 1.54) is 16.7 Å². The first-order valence-electron chi connectivity index (χ1n) is 7.78. The summed E-state index contributed by atoms with van der Waals surface area (Å²) in [5, 5.41) is 2.81. The summed E-state index contributed by atoms with van der Waals surface area (Å²) in [5.74, 6) is 0. The molecule has 3 heteroatoms. The van der Waals surface area contributed by atoms with E-state index in [0.29, 0.717) is 0 Å². The number of benzene rings is 2. The highest BCUT2D eigenvalue weighted by Crippen LogP contribution is 2.15. The molecule has 0 saturated heterocycles. The van der Waals surface area contributed by atoms with Crippen LogP contribution < -0.4 is 5.32 Å². The fraction of sp³-hybridized carbons (Fsp3) is 0.250. The third-order valence-corrected chi connectivity index (χ3v) is 3.65. The summed E-state index contributed by atoms with van der Waals surface area (Å²) in [7, 11) is 0. The van der Waals surface area contributed by atoms with Crippen LogP contribution in [0, 0.1) is 13.8 Å². The van der Waals surface area contributed by atoms with Crippen LogP contribution in [0.2, 0.25) is 0 Å². The van der Waals surface area contributed by atoms with E-state index in [-0.39, 0.29) is 12.6 Å². The van der Waals surface area contributed by atoms with Gasteiger partial charge in [-0.25, -0.2) is 4.79 Å². The molecule has 23 heavy (non-hydrogen) atoms.